The van der Waals surface area contributed by atoms with Crippen molar-refractivity contribution in [2.45, 2.75) is 39.0 Å². The second-order valence-corrected chi connectivity index (χ2v) is 6.32. The summed E-state index contributed by atoms with van der Waals surface area (Å²) in [6, 6.07) is 0. The van der Waals surface area contributed by atoms with Crippen molar-refractivity contribution in [3.05, 3.63) is 0 Å². The van der Waals surface area contributed by atoms with Crippen LogP contribution in [0.5, 0.6) is 0 Å². The molecule has 1 aliphatic rings. The van der Waals surface area contributed by atoms with Gasteiger partial charge < -0.3 is 20.9 Å². The van der Waals surface area contributed by atoms with Gasteiger partial charge in [0, 0.05) is 34.2 Å². The number of hydrogen-bond acceptors (Lipinski definition) is 3. The highest BCUT2D eigenvalue weighted by Crippen LogP contribution is 2.38. The van der Waals surface area contributed by atoms with Gasteiger partial charge in [0.2, 0.25) is 11.8 Å². The number of carbonyl (C=O) groups is 2. The third-order valence-corrected chi connectivity index (χ3v) is 4.23. The Morgan fingerprint density at radius 2 is 1.75 bits per heavy atom. The van der Waals surface area contributed by atoms with Crippen molar-refractivity contribution in [3.8, 4) is 0 Å². The van der Waals surface area contributed by atoms with Gasteiger partial charge in [-0.2, -0.15) is 0 Å². The first-order valence-electron chi connectivity index (χ1n) is 8.38. The highest BCUT2D eigenvalue weighted by molar-refractivity contribution is 14.0. The maximum Gasteiger partial charge on any atom is 0.239 e. The molecular weight excluding hydrogens is 421 g/mol. The van der Waals surface area contributed by atoms with Crippen LogP contribution in [0.25, 0.3) is 0 Å². The second-order valence-electron chi connectivity index (χ2n) is 6.32. The van der Waals surface area contributed by atoms with Crippen LogP contribution in [0.4, 0.5) is 0 Å². The number of nitrogens with zero attached hydrogens (tertiary/aromatic N) is 2. The molecule has 0 saturated heterocycles. The molecule has 1 saturated carbocycles. The SMILES string of the molecule is CCCNC(=O)CNC(=NC)NCC1(C(=O)N(C)C)CCCC1.I. The molecule has 1 aliphatic carbocycles. The molecule has 7 nitrogen and oxygen atoms in total. The molecule has 0 atom stereocenters. The van der Waals surface area contributed by atoms with E-state index in [4.69, 9.17) is 0 Å². The molecule has 0 aliphatic heterocycles. The number of amides is 2. The van der Waals surface area contributed by atoms with Crippen LogP contribution in [0.15, 0.2) is 4.99 Å². The quantitative estimate of drug-likeness (QED) is 0.305. The molecule has 0 spiro atoms. The average molecular weight is 453 g/mol. The number of nitrogens with one attached hydrogen (secondary N) is 3. The van der Waals surface area contributed by atoms with Crippen molar-refractivity contribution < 1.29 is 9.59 Å². The third kappa shape index (κ3) is 6.82. The van der Waals surface area contributed by atoms with Crippen molar-refractivity contribution in [2.75, 3.05) is 40.8 Å². The molecule has 140 valence electrons. The van der Waals surface area contributed by atoms with Crippen LogP contribution in [-0.4, -0.2) is 63.5 Å². The van der Waals surface area contributed by atoms with Crippen molar-refractivity contribution in [1.29, 1.82) is 0 Å². The molecule has 8 heteroatoms. The van der Waals surface area contributed by atoms with Gasteiger partial charge in [0.1, 0.15) is 0 Å². The molecule has 24 heavy (non-hydrogen) atoms. The molecular formula is C16H32IN5O2. The molecule has 1 fully saturated rings. The van der Waals surface area contributed by atoms with Crippen LogP contribution < -0.4 is 16.0 Å². The summed E-state index contributed by atoms with van der Waals surface area (Å²) < 4.78 is 0. The first-order valence-corrected chi connectivity index (χ1v) is 8.38. The van der Waals surface area contributed by atoms with Gasteiger partial charge in [-0.15, -0.1) is 24.0 Å². The molecule has 0 heterocycles. The van der Waals surface area contributed by atoms with Gasteiger partial charge in [-0.25, -0.2) is 0 Å². The van der Waals surface area contributed by atoms with Gasteiger partial charge >= 0.3 is 0 Å². The average Bonchev–Trinajstić information content (AvgIpc) is 3.02. The fraction of sp³-hybridized carbons (Fsp3) is 0.812. The Morgan fingerprint density at radius 3 is 2.25 bits per heavy atom. The molecule has 0 bridgehead atoms. The molecule has 1 rings (SSSR count). The van der Waals surface area contributed by atoms with Crippen LogP contribution in [0.2, 0.25) is 0 Å². The van der Waals surface area contributed by atoms with Crippen LogP contribution >= 0.6 is 24.0 Å². The molecule has 2 amide bonds. The lowest BCUT2D eigenvalue weighted by molar-refractivity contribution is -0.138. The third-order valence-electron chi connectivity index (χ3n) is 4.23. The zero-order valence-electron chi connectivity index (χ0n) is 15.3. The van der Waals surface area contributed by atoms with E-state index in [9.17, 15) is 9.59 Å². The summed E-state index contributed by atoms with van der Waals surface area (Å²) in [6.07, 6.45) is 4.85. The van der Waals surface area contributed by atoms with Gasteiger partial charge in [0.15, 0.2) is 5.96 Å². The molecule has 0 unspecified atom stereocenters. The molecule has 0 aromatic carbocycles. The van der Waals surface area contributed by atoms with Gasteiger partial charge in [-0.05, 0) is 19.3 Å². The van der Waals surface area contributed by atoms with Gasteiger partial charge in [0.05, 0.1) is 12.0 Å². The second kappa shape index (κ2) is 11.5. The fourth-order valence-electron chi connectivity index (χ4n) is 2.96. The van der Waals surface area contributed by atoms with Crippen molar-refractivity contribution >= 4 is 41.8 Å². The van der Waals surface area contributed by atoms with Crippen LogP contribution in [0, 0.1) is 5.41 Å². The smallest absolute Gasteiger partial charge is 0.239 e. The zero-order chi connectivity index (χ0) is 17.3. The van der Waals surface area contributed by atoms with Gasteiger partial charge in [0.25, 0.3) is 0 Å². The number of halogens is 1. The van der Waals surface area contributed by atoms with E-state index in [1.54, 1.807) is 26.0 Å². The molecule has 0 aromatic rings. The topological polar surface area (TPSA) is 85.8 Å². The van der Waals surface area contributed by atoms with E-state index in [1.807, 2.05) is 6.92 Å². The largest absolute Gasteiger partial charge is 0.355 e. The summed E-state index contributed by atoms with van der Waals surface area (Å²) in [5, 5.41) is 9.00. The van der Waals surface area contributed by atoms with Gasteiger partial charge in [-0.1, -0.05) is 19.8 Å². The van der Waals surface area contributed by atoms with Crippen molar-refractivity contribution in [1.82, 2.24) is 20.9 Å². The number of guanidine groups is 1. The standard InChI is InChI=1S/C16H31N5O2.HI/c1-5-10-18-13(22)11-19-15(17-2)20-12-16(8-6-7-9-16)14(23)21(3)4;/h5-12H2,1-4H3,(H,18,22)(H2,17,19,20);1H. The molecule has 0 aromatic heterocycles. The van der Waals surface area contributed by atoms with Crippen molar-refractivity contribution in [2.24, 2.45) is 10.4 Å². The lowest BCUT2D eigenvalue weighted by Crippen LogP contribution is -2.50. The van der Waals surface area contributed by atoms with Gasteiger partial charge in [-0.3, -0.25) is 14.6 Å². The Balaban J connectivity index is 0.00000529. The molecule has 0 radical (unpaired) electrons. The summed E-state index contributed by atoms with van der Waals surface area (Å²) in [6.45, 7) is 3.40. The predicted molar refractivity (Wildman–Crippen MR) is 108 cm³/mol. The lowest BCUT2D eigenvalue weighted by Gasteiger charge is -2.31. The number of rotatable bonds is 7. The van der Waals surface area contributed by atoms with E-state index in [2.05, 4.69) is 20.9 Å². The maximum absolute atomic E-state index is 12.5. The first kappa shape index (κ1) is 22.9. The highest BCUT2D eigenvalue weighted by Gasteiger charge is 2.42. The maximum atomic E-state index is 12.5. The lowest BCUT2D eigenvalue weighted by atomic mass is 9.84. The predicted octanol–water partition coefficient (Wildman–Crippen LogP) is 0.944. The van der Waals surface area contributed by atoms with E-state index < -0.39 is 0 Å². The number of aliphatic imine (C=N–C) groups is 1. The minimum Gasteiger partial charge on any atom is -0.355 e. The summed E-state index contributed by atoms with van der Waals surface area (Å²) in [5.41, 5.74) is -0.356. The minimum absolute atomic E-state index is 0. The monoisotopic (exact) mass is 453 g/mol. The first-order chi connectivity index (χ1) is 10.9. The highest BCUT2D eigenvalue weighted by atomic mass is 127. The summed E-state index contributed by atoms with van der Waals surface area (Å²) in [5.74, 6) is 0.655. The Morgan fingerprint density at radius 1 is 1.12 bits per heavy atom. The zero-order valence-corrected chi connectivity index (χ0v) is 17.6. The Labute approximate surface area is 162 Å². The summed E-state index contributed by atoms with van der Waals surface area (Å²) >= 11 is 0. The Bertz CT molecular complexity index is 434. The number of carbonyl (C=O) groups excluding carboxylic acids is 2. The van der Waals surface area contributed by atoms with E-state index in [0.717, 1.165) is 32.1 Å². The number of hydrogen-bond donors (Lipinski definition) is 3. The molecule has 3 N–H and O–H groups in total. The van der Waals surface area contributed by atoms with Crippen LogP contribution in [0.1, 0.15) is 39.0 Å². The van der Waals surface area contributed by atoms with Crippen molar-refractivity contribution in [3.63, 3.8) is 0 Å². The fourth-order valence-corrected chi connectivity index (χ4v) is 2.96. The van der Waals surface area contributed by atoms with Crippen LogP contribution in [0.3, 0.4) is 0 Å². The van der Waals surface area contributed by atoms with E-state index in [1.165, 1.54) is 0 Å². The summed E-state index contributed by atoms with van der Waals surface area (Å²) in [4.78, 5) is 29.9. The Kier molecular flexibility index (Phi) is 11.0. The minimum atomic E-state index is -0.356. The van der Waals surface area contributed by atoms with Crippen LogP contribution in [-0.2, 0) is 9.59 Å². The van der Waals surface area contributed by atoms with E-state index in [-0.39, 0.29) is 47.8 Å². The normalized spacial score (nSPS) is 16.1. The summed E-state index contributed by atoms with van der Waals surface area (Å²) in [7, 11) is 5.26. The van der Waals surface area contributed by atoms with E-state index >= 15 is 0 Å². The Hall–Kier alpha value is -1.06. The van der Waals surface area contributed by atoms with E-state index in [0.29, 0.717) is 19.0 Å².